The predicted molar refractivity (Wildman–Crippen MR) is 76.2 cm³/mol. The molecule has 0 aliphatic carbocycles. The number of amides is 1. The molecule has 2 rings (SSSR count). The number of carbonyl (C=O) groups is 1. The second-order valence-electron chi connectivity index (χ2n) is 4.39. The molecule has 1 aromatic carbocycles. The molecule has 21 heavy (non-hydrogen) atoms. The van der Waals surface area contributed by atoms with E-state index in [1.165, 1.54) is 19.2 Å². The number of aromatic nitrogens is 1. The van der Waals surface area contributed by atoms with Crippen LogP contribution in [0.15, 0.2) is 36.5 Å². The molecule has 0 spiro atoms. The van der Waals surface area contributed by atoms with E-state index < -0.39 is 11.6 Å². The maximum absolute atomic E-state index is 13.5. The maximum atomic E-state index is 13.5. The Morgan fingerprint density at radius 1 is 1.29 bits per heavy atom. The van der Waals surface area contributed by atoms with E-state index >= 15 is 0 Å². The minimum absolute atomic E-state index is 0.251. The van der Waals surface area contributed by atoms with Crippen LogP contribution in [0.5, 0.6) is 0 Å². The summed E-state index contributed by atoms with van der Waals surface area (Å²) in [4.78, 5) is 15.8. The summed E-state index contributed by atoms with van der Waals surface area (Å²) in [7, 11) is 1.53. The van der Waals surface area contributed by atoms with Crippen LogP contribution in [-0.4, -0.2) is 24.5 Å². The zero-order chi connectivity index (χ0) is 15.2. The van der Waals surface area contributed by atoms with Crippen molar-refractivity contribution in [3.63, 3.8) is 0 Å². The fourth-order valence-electron chi connectivity index (χ4n) is 1.90. The van der Waals surface area contributed by atoms with Crippen LogP contribution < -0.4 is 10.6 Å². The van der Waals surface area contributed by atoms with Gasteiger partial charge in [0, 0.05) is 25.9 Å². The zero-order valence-corrected chi connectivity index (χ0v) is 11.5. The second-order valence-corrected chi connectivity index (χ2v) is 4.39. The number of hydrogen-bond donors (Lipinski definition) is 2. The molecule has 0 aliphatic rings. The highest BCUT2D eigenvalue weighted by atomic mass is 19.1. The molecule has 110 valence electrons. The van der Waals surface area contributed by atoms with Crippen molar-refractivity contribution in [3.05, 3.63) is 59.3 Å². The number of hydrogen-bond acceptors (Lipinski definition) is 3. The SMILES string of the molecule is CNC(=O)c1cccnc1NCCc1ccc(F)cc1F. The van der Waals surface area contributed by atoms with Crippen LogP contribution in [0.4, 0.5) is 14.6 Å². The second kappa shape index (κ2) is 6.78. The summed E-state index contributed by atoms with van der Waals surface area (Å²) in [6, 6.07) is 6.79. The van der Waals surface area contributed by atoms with Gasteiger partial charge >= 0.3 is 0 Å². The minimum Gasteiger partial charge on any atom is -0.369 e. The van der Waals surface area contributed by atoms with E-state index in [9.17, 15) is 13.6 Å². The van der Waals surface area contributed by atoms with Crippen LogP contribution in [0.2, 0.25) is 0 Å². The van der Waals surface area contributed by atoms with E-state index in [-0.39, 0.29) is 5.91 Å². The summed E-state index contributed by atoms with van der Waals surface area (Å²) in [5.41, 5.74) is 0.820. The first-order valence-corrected chi connectivity index (χ1v) is 6.46. The largest absolute Gasteiger partial charge is 0.369 e. The molecule has 6 heteroatoms. The number of anilines is 1. The fraction of sp³-hybridized carbons (Fsp3) is 0.200. The summed E-state index contributed by atoms with van der Waals surface area (Å²) in [5.74, 6) is -1.00. The average molecular weight is 291 g/mol. The molecular weight excluding hydrogens is 276 g/mol. The first kappa shape index (κ1) is 14.9. The summed E-state index contributed by atoms with van der Waals surface area (Å²) in [6.45, 7) is 0.379. The molecule has 0 fully saturated rings. The molecule has 1 amide bonds. The van der Waals surface area contributed by atoms with Gasteiger partial charge < -0.3 is 10.6 Å². The van der Waals surface area contributed by atoms with Crippen LogP contribution in [0.3, 0.4) is 0 Å². The van der Waals surface area contributed by atoms with Gasteiger partial charge in [0.15, 0.2) is 0 Å². The number of rotatable bonds is 5. The van der Waals surface area contributed by atoms with E-state index in [1.807, 2.05) is 0 Å². The highest BCUT2D eigenvalue weighted by Gasteiger charge is 2.10. The first-order chi connectivity index (χ1) is 10.1. The highest BCUT2D eigenvalue weighted by Crippen LogP contribution is 2.13. The summed E-state index contributed by atoms with van der Waals surface area (Å²) >= 11 is 0. The predicted octanol–water partition coefficient (Wildman–Crippen LogP) is 2.37. The third-order valence-electron chi connectivity index (χ3n) is 2.98. The Labute approximate surface area is 121 Å². The number of pyridine rings is 1. The number of halogens is 2. The molecule has 0 saturated heterocycles. The van der Waals surface area contributed by atoms with E-state index in [0.717, 1.165) is 6.07 Å². The molecule has 0 saturated carbocycles. The molecule has 2 N–H and O–H groups in total. The standard InChI is InChI=1S/C15H15F2N3O/c1-18-15(21)12-3-2-7-19-14(12)20-8-6-10-4-5-11(16)9-13(10)17/h2-5,7,9H,6,8H2,1H3,(H,18,21)(H,19,20). The first-order valence-electron chi connectivity index (χ1n) is 6.46. The lowest BCUT2D eigenvalue weighted by atomic mass is 10.1. The Balaban J connectivity index is 2.02. The fourth-order valence-corrected chi connectivity index (χ4v) is 1.90. The highest BCUT2D eigenvalue weighted by molar-refractivity contribution is 5.98. The molecule has 2 aromatic rings. The Kier molecular flexibility index (Phi) is 4.81. The van der Waals surface area contributed by atoms with E-state index in [4.69, 9.17) is 0 Å². The van der Waals surface area contributed by atoms with Gasteiger partial charge in [0.25, 0.3) is 5.91 Å². The van der Waals surface area contributed by atoms with Gasteiger partial charge in [0.05, 0.1) is 5.56 Å². The topological polar surface area (TPSA) is 54.0 Å². The van der Waals surface area contributed by atoms with Gasteiger partial charge in [0.1, 0.15) is 17.5 Å². The minimum atomic E-state index is -0.601. The molecule has 1 heterocycles. The van der Waals surface area contributed by atoms with Gasteiger partial charge in [0.2, 0.25) is 0 Å². The molecule has 0 unspecified atom stereocenters. The quantitative estimate of drug-likeness (QED) is 0.889. The Hall–Kier alpha value is -2.50. The summed E-state index contributed by atoms with van der Waals surface area (Å²) in [5, 5.41) is 5.51. The smallest absolute Gasteiger partial charge is 0.254 e. The molecule has 0 bridgehead atoms. The van der Waals surface area contributed by atoms with E-state index in [0.29, 0.717) is 29.9 Å². The molecular formula is C15H15F2N3O. The van der Waals surface area contributed by atoms with Crippen molar-refractivity contribution >= 4 is 11.7 Å². The van der Waals surface area contributed by atoms with Crippen LogP contribution in [0, 0.1) is 11.6 Å². The van der Waals surface area contributed by atoms with Crippen molar-refractivity contribution in [1.29, 1.82) is 0 Å². The number of nitrogens with zero attached hydrogens (tertiary/aromatic N) is 1. The van der Waals surface area contributed by atoms with Crippen molar-refractivity contribution in [2.75, 3.05) is 18.9 Å². The van der Waals surface area contributed by atoms with Gasteiger partial charge in [-0.3, -0.25) is 4.79 Å². The van der Waals surface area contributed by atoms with E-state index in [1.54, 1.807) is 18.3 Å². The lowest BCUT2D eigenvalue weighted by Gasteiger charge is -2.10. The zero-order valence-electron chi connectivity index (χ0n) is 11.5. The Morgan fingerprint density at radius 3 is 2.81 bits per heavy atom. The number of carbonyl (C=O) groups excluding carboxylic acids is 1. The third kappa shape index (κ3) is 3.75. The summed E-state index contributed by atoms with van der Waals surface area (Å²) < 4.78 is 26.3. The summed E-state index contributed by atoms with van der Waals surface area (Å²) in [6.07, 6.45) is 1.92. The van der Waals surface area contributed by atoms with Gasteiger partial charge in [-0.2, -0.15) is 0 Å². The molecule has 1 aromatic heterocycles. The van der Waals surface area contributed by atoms with E-state index in [2.05, 4.69) is 15.6 Å². The lowest BCUT2D eigenvalue weighted by molar-refractivity contribution is 0.0963. The van der Waals surface area contributed by atoms with Gasteiger partial charge in [-0.1, -0.05) is 6.07 Å². The van der Waals surface area contributed by atoms with Crippen LogP contribution in [0.25, 0.3) is 0 Å². The van der Waals surface area contributed by atoms with Crippen molar-refractivity contribution in [2.45, 2.75) is 6.42 Å². The van der Waals surface area contributed by atoms with Crippen molar-refractivity contribution < 1.29 is 13.6 Å². The van der Waals surface area contributed by atoms with Gasteiger partial charge in [-0.15, -0.1) is 0 Å². The Bertz CT molecular complexity index is 647. The molecule has 0 atom stereocenters. The lowest BCUT2D eigenvalue weighted by Crippen LogP contribution is -2.20. The maximum Gasteiger partial charge on any atom is 0.254 e. The van der Waals surface area contributed by atoms with Crippen LogP contribution in [0.1, 0.15) is 15.9 Å². The Morgan fingerprint density at radius 2 is 2.10 bits per heavy atom. The van der Waals surface area contributed by atoms with Crippen LogP contribution >= 0.6 is 0 Å². The normalized spacial score (nSPS) is 10.2. The van der Waals surface area contributed by atoms with Crippen LogP contribution in [-0.2, 0) is 6.42 Å². The monoisotopic (exact) mass is 291 g/mol. The molecule has 0 radical (unpaired) electrons. The third-order valence-corrected chi connectivity index (χ3v) is 2.98. The average Bonchev–Trinajstić information content (AvgIpc) is 2.49. The molecule has 0 aliphatic heterocycles. The van der Waals surface area contributed by atoms with Crippen molar-refractivity contribution in [3.8, 4) is 0 Å². The number of nitrogens with one attached hydrogen (secondary N) is 2. The van der Waals surface area contributed by atoms with Crippen molar-refractivity contribution in [1.82, 2.24) is 10.3 Å². The number of benzene rings is 1. The molecule has 4 nitrogen and oxygen atoms in total. The van der Waals surface area contributed by atoms with Gasteiger partial charge in [-0.25, -0.2) is 13.8 Å². The van der Waals surface area contributed by atoms with Crippen molar-refractivity contribution in [2.24, 2.45) is 0 Å². The van der Waals surface area contributed by atoms with Gasteiger partial charge in [-0.05, 0) is 30.2 Å².